The molecule has 0 aromatic heterocycles. The van der Waals surface area contributed by atoms with Crippen molar-refractivity contribution in [2.24, 2.45) is 0 Å². The molecule has 12 aromatic carbocycles. The highest BCUT2D eigenvalue weighted by atomic mass is 16.5. The normalized spacial score (nSPS) is 10.4. The Morgan fingerprint density at radius 2 is 0.547 bits per heavy atom. The molecule has 5 N–H and O–H groups in total. The number of nitrogens with one attached hydrogen (secondary N) is 1. The first-order chi connectivity index (χ1) is 65.7. The molecule has 0 radical (unpaired) electrons. The van der Waals surface area contributed by atoms with Gasteiger partial charge in [-0.2, -0.15) is 0 Å². The van der Waals surface area contributed by atoms with Crippen LogP contribution in [0.25, 0.3) is 0 Å². The van der Waals surface area contributed by atoms with Crippen molar-refractivity contribution in [2.75, 3.05) is 142 Å². The number of hydrogen-bond acceptors (Lipinski definition) is 10. The maximum atomic E-state index is 5.60. The molecule has 0 atom stereocenters. The van der Waals surface area contributed by atoms with Crippen molar-refractivity contribution in [2.45, 2.75) is 285 Å². The van der Waals surface area contributed by atoms with E-state index in [9.17, 15) is 0 Å². The van der Waals surface area contributed by atoms with Crippen LogP contribution in [0.5, 0.6) is 5.75 Å². The first-order valence-electron chi connectivity index (χ1n) is 51.8. The lowest BCUT2D eigenvalue weighted by Gasteiger charge is -2.21. The molecule has 0 spiro atoms. The quantitative estimate of drug-likeness (QED) is 0.0455. The third kappa shape index (κ3) is 51.9. The van der Waals surface area contributed by atoms with Crippen LogP contribution in [-0.2, 0) is 0 Å². The van der Waals surface area contributed by atoms with Crippen LogP contribution >= 0.6 is 0 Å². The highest BCUT2D eigenvalue weighted by Crippen LogP contribution is 2.29. The monoisotopic (exact) mass is 1890 g/mol. The summed E-state index contributed by atoms with van der Waals surface area (Å²) in [4.78, 5) is 13.4. The molecule has 10 nitrogen and oxygen atoms in total. The van der Waals surface area contributed by atoms with Crippen LogP contribution in [0.2, 0.25) is 0 Å². The molecule has 0 fully saturated rings. The molecular formula is C129H195N9O. The Hall–Kier alpha value is -11.4. The lowest BCUT2D eigenvalue weighted by atomic mass is 10.0. The lowest BCUT2D eigenvalue weighted by molar-refractivity contribution is 0.414. The van der Waals surface area contributed by atoms with Crippen LogP contribution < -0.4 is 50.9 Å². The molecule has 0 heterocycles. The molecular weight excluding hydrogens is 1690 g/mol. The number of benzene rings is 12. The number of hydrogen-bond donors (Lipinski definition) is 3. The van der Waals surface area contributed by atoms with Gasteiger partial charge in [-0.25, -0.2) is 0 Å². The Kier molecular flexibility index (Phi) is 63.5. The van der Waals surface area contributed by atoms with E-state index >= 15 is 0 Å². The Labute approximate surface area is 853 Å². The fourth-order valence-corrected chi connectivity index (χ4v) is 14.2. The molecule has 0 unspecified atom stereocenters. The van der Waals surface area contributed by atoms with Gasteiger partial charge in [0.2, 0.25) is 0 Å². The van der Waals surface area contributed by atoms with Crippen molar-refractivity contribution in [3.05, 3.63) is 370 Å². The van der Waals surface area contributed by atoms with Crippen molar-refractivity contribution in [3.63, 3.8) is 0 Å². The summed E-state index contributed by atoms with van der Waals surface area (Å²) in [6.45, 7) is 71.5. The maximum Gasteiger partial charge on any atom is 0.118 e. The molecule has 0 amide bonds. The number of rotatable bonds is 26. The van der Waals surface area contributed by atoms with Gasteiger partial charge in [-0.05, 0) is 294 Å². The van der Waals surface area contributed by atoms with Gasteiger partial charge in [-0.1, -0.05) is 361 Å². The summed E-state index contributed by atoms with van der Waals surface area (Å²) < 4.78 is 5.05. The van der Waals surface area contributed by atoms with Gasteiger partial charge in [-0.15, -0.1) is 0 Å². The fraction of sp³-hybridized carbons (Fsp3) is 0.442. The first kappa shape index (κ1) is 126. The minimum absolute atomic E-state index is 0.573. The van der Waals surface area contributed by atoms with Crippen molar-refractivity contribution in [1.82, 2.24) is 0 Å². The Morgan fingerprint density at radius 1 is 0.259 bits per heavy atom. The summed E-state index contributed by atoms with van der Waals surface area (Å²) in [5.74, 6) is 8.35. The zero-order valence-corrected chi connectivity index (χ0v) is 94.7. The first-order valence-corrected chi connectivity index (χ1v) is 51.8. The van der Waals surface area contributed by atoms with Gasteiger partial charge in [0.1, 0.15) is 5.75 Å². The van der Waals surface area contributed by atoms with E-state index in [1.807, 2.05) is 55.6 Å². The SMILES string of the molecule is CC(C)c1ccc(N(C)C)cc1.CC(C)c1ccc(N)cc1.CC(C)c1cccc(N(C)C)c1.CC(C)c1cccc(N)c1.CC(C)c1ccccc1.CC(C)c1ccccc1N(C)C.CCCN(C)c1ccc(C(C)C)cc1.CCN(CC)c1ccc(C(C)C)cc1.CCN(CC)c1ccc(C(C)C)cc1.CNc1ccc(C(C)C)cc1.COc1ccc(C(C)C)cc1.Cc1ccc(C(C)C)cc1. The summed E-state index contributed by atoms with van der Waals surface area (Å²) >= 11 is 0. The number of ether oxygens (including phenoxy) is 1. The molecule has 0 saturated heterocycles. The lowest BCUT2D eigenvalue weighted by Crippen LogP contribution is -2.21. The van der Waals surface area contributed by atoms with Gasteiger partial charge in [0.05, 0.1) is 7.11 Å². The molecule has 139 heavy (non-hydrogen) atoms. The van der Waals surface area contributed by atoms with E-state index in [0.29, 0.717) is 71.0 Å². The second-order valence-corrected chi connectivity index (χ2v) is 40.1. The standard InChI is InChI=1S/3C13H21N.3C11H17N.C10H15N.C10H14O.C10H14.2C9H13N.C9H12/c1-5-10-14(4)13-8-6-12(7-9-13)11(2)3;2*1-5-14(6-2)13-9-7-12(8-10-13)11(3)4;1-9(2)10-5-7-11(8-6-10)12(3)4;1-9(2)10-6-5-7-11(8-10)12(3)4;1-9(2)10-7-5-6-8-11(10)12(3)4;2*1-8(2)9-4-6-10(11-3)7-5-9;1-8(2)10-6-4-9(3)5-7-10;1-7(2)8-3-5-9(10)6-4-8;1-7(2)8-4-3-5-9(10)6-8;1-8(2)9-6-4-3-5-7-9/h6-9,11H,5,10H2,1-4H3;2*7-11H,5-6H2,1-4H3;3*5-9H,1-4H3;4-8,11H,1-3H3;4-8H,1-3H3;4-8H,1-3H3;2*3-7H,10H2,1-2H3;3-8H,1-2H3. The number of nitrogens with zero attached hydrogens (tertiary/aromatic N) is 6. The largest absolute Gasteiger partial charge is 0.497 e. The fourth-order valence-electron chi connectivity index (χ4n) is 14.2. The molecule has 12 aromatic rings. The molecule has 10 heteroatoms. The molecule has 0 bridgehead atoms. The number of anilines is 9. The van der Waals surface area contributed by atoms with E-state index < -0.39 is 0 Å². The molecule has 12 rings (SSSR count). The van der Waals surface area contributed by atoms with Crippen molar-refractivity contribution < 1.29 is 4.74 Å². The third-order valence-electron chi connectivity index (χ3n) is 24.1. The highest BCUT2D eigenvalue weighted by Gasteiger charge is 2.11. The summed E-state index contributed by atoms with van der Waals surface area (Å²) in [5.41, 5.74) is 39.9. The van der Waals surface area contributed by atoms with E-state index in [-0.39, 0.29) is 0 Å². The predicted octanol–water partition coefficient (Wildman–Crippen LogP) is 36.0. The van der Waals surface area contributed by atoms with E-state index in [4.69, 9.17) is 16.2 Å². The molecule has 0 aliphatic carbocycles. The summed E-state index contributed by atoms with van der Waals surface area (Å²) in [5, 5.41) is 3.09. The topological polar surface area (TPSA) is 92.7 Å². The van der Waals surface area contributed by atoms with Gasteiger partial charge < -0.3 is 50.9 Å². The highest BCUT2D eigenvalue weighted by molar-refractivity contribution is 5.55. The van der Waals surface area contributed by atoms with Crippen LogP contribution in [-0.4, -0.2) is 96.2 Å². The van der Waals surface area contributed by atoms with Crippen molar-refractivity contribution >= 4 is 51.2 Å². The zero-order chi connectivity index (χ0) is 105. The average molecular weight is 1890 g/mol. The summed E-state index contributed by atoms with van der Waals surface area (Å²) in [6.07, 6.45) is 1.20. The Morgan fingerprint density at radius 3 is 0.835 bits per heavy atom. The minimum Gasteiger partial charge on any atom is -0.497 e. The van der Waals surface area contributed by atoms with Gasteiger partial charge >= 0.3 is 0 Å². The zero-order valence-electron chi connectivity index (χ0n) is 94.7. The number of nitrogens with two attached hydrogens (primary N) is 2. The minimum atomic E-state index is 0.573. The van der Waals surface area contributed by atoms with Crippen LogP contribution in [0.1, 0.15) is 351 Å². The third-order valence-corrected chi connectivity index (χ3v) is 24.1. The van der Waals surface area contributed by atoms with Crippen LogP contribution in [0.3, 0.4) is 0 Å². The Balaban J connectivity index is 0.000000760. The van der Waals surface area contributed by atoms with Crippen molar-refractivity contribution in [1.29, 1.82) is 0 Å². The summed E-state index contributed by atoms with van der Waals surface area (Å²) in [6, 6.07) is 105. The number of nitrogen functional groups attached to an aromatic ring is 2. The van der Waals surface area contributed by atoms with Gasteiger partial charge in [0.15, 0.2) is 0 Å². The van der Waals surface area contributed by atoms with Gasteiger partial charge in [0, 0.05) is 140 Å². The van der Waals surface area contributed by atoms with Gasteiger partial charge in [-0.3, -0.25) is 0 Å². The number of methoxy groups -OCH3 is 1. The van der Waals surface area contributed by atoms with Gasteiger partial charge in [0.25, 0.3) is 0 Å². The number of aryl methyl sites for hydroxylation is 1. The molecule has 0 saturated carbocycles. The van der Waals surface area contributed by atoms with E-state index in [2.05, 4.69) is 540 Å². The van der Waals surface area contributed by atoms with E-state index in [1.54, 1.807) is 7.11 Å². The van der Waals surface area contributed by atoms with Crippen LogP contribution in [0.15, 0.2) is 297 Å². The van der Waals surface area contributed by atoms with Crippen LogP contribution in [0, 0.1) is 6.92 Å². The van der Waals surface area contributed by atoms with E-state index in [1.165, 1.54) is 119 Å². The van der Waals surface area contributed by atoms with E-state index in [0.717, 1.165) is 49.8 Å². The predicted molar refractivity (Wildman–Crippen MR) is 630 cm³/mol. The van der Waals surface area contributed by atoms with Crippen molar-refractivity contribution in [3.8, 4) is 5.75 Å². The number of para-hydroxylation sites is 1. The Bertz CT molecular complexity index is 4760. The molecule has 0 aliphatic rings. The van der Waals surface area contributed by atoms with Crippen LogP contribution in [0.4, 0.5) is 51.2 Å². The molecule has 0 aliphatic heterocycles. The molecule has 762 valence electrons. The average Bonchev–Trinajstić information content (AvgIpc) is 0.858. The maximum absolute atomic E-state index is 5.60. The second-order valence-electron chi connectivity index (χ2n) is 40.1. The smallest absolute Gasteiger partial charge is 0.118 e. The second kappa shape index (κ2) is 70.3. The summed E-state index contributed by atoms with van der Waals surface area (Å²) in [7, 11) is 18.2.